The van der Waals surface area contributed by atoms with E-state index in [1.807, 2.05) is 18.2 Å². The van der Waals surface area contributed by atoms with Gasteiger partial charge < -0.3 is 25.2 Å². The summed E-state index contributed by atoms with van der Waals surface area (Å²) in [6, 6.07) is 12.4. The number of anilines is 4. The van der Waals surface area contributed by atoms with Gasteiger partial charge in [-0.2, -0.15) is 4.98 Å². The monoisotopic (exact) mass is 483 g/mol. The lowest BCUT2D eigenvalue weighted by Crippen LogP contribution is -2.44. The van der Waals surface area contributed by atoms with E-state index < -0.39 is 4.92 Å². The van der Waals surface area contributed by atoms with Gasteiger partial charge in [-0.25, -0.2) is 4.98 Å². The molecule has 1 aliphatic rings. The molecule has 1 aromatic heterocycles. The number of ether oxygens (including phenoxy) is 1. The molecule has 0 saturated carbocycles. The van der Waals surface area contributed by atoms with E-state index in [0.717, 1.165) is 43.1 Å². The summed E-state index contributed by atoms with van der Waals surface area (Å²) in [5.74, 6) is 1.44. The summed E-state index contributed by atoms with van der Waals surface area (Å²) in [6.45, 7) is 4.29. The third-order valence-corrected chi connectivity index (χ3v) is 5.90. The lowest BCUT2D eigenvalue weighted by molar-refractivity contribution is -0.384. The van der Waals surface area contributed by atoms with Crippen LogP contribution in [0.2, 0.25) is 5.02 Å². The van der Waals surface area contributed by atoms with E-state index in [2.05, 4.69) is 37.4 Å². The molecule has 3 aromatic rings. The number of benzene rings is 2. The lowest BCUT2D eigenvalue weighted by atomic mass is 10.2. The fourth-order valence-corrected chi connectivity index (χ4v) is 3.84. The van der Waals surface area contributed by atoms with Crippen molar-refractivity contribution >= 4 is 40.4 Å². The van der Waals surface area contributed by atoms with E-state index in [0.29, 0.717) is 29.1 Å². The highest BCUT2D eigenvalue weighted by Gasteiger charge is 2.16. The van der Waals surface area contributed by atoms with Crippen molar-refractivity contribution in [1.29, 1.82) is 0 Å². The number of likely N-dealkylation sites (N-methyl/N-ethyl adjacent to an activating group) is 1. The van der Waals surface area contributed by atoms with Crippen LogP contribution in [0.3, 0.4) is 0 Å². The molecule has 2 N–H and O–H groups in total. The Morgan fingerprint density at radius 2 is 1.97 bits per heavy atom. The quantitative estimate of drug-likeness (QED) is 0.360. The fourth-order valence-electron chi connectivity index (χ4n) is 3.68. The normalized spacial score (nSPS) is 14.0. The van der Waals surface area contributed by atoms with E-state index >= 15 is 0 Å². The van der Waals surface area contributed by atoms with Crippen LogP contribution in [0.15, 0.2) is 48.7 Å². The van der Waals surface area contributed by atoms with Crippen LogP contribution in [0, 0.1) is 10.1 Å². The van der Waals surface area contributed by atoms with Gasteiger partial charge in [0.15, 0.2) is 5.82 Å². The Balaban J connectivity index is 1.47. The molecule has 11 heteroatoms. The van der Waals surface area contributed by atoms with E-state index in [4.69, 9.17) is 16.3 Å². The first-order valence-electron chi connectivity index (χ1n) is 10.8. The van der Waals surface area contributed by atoms with Crippen LogP contribution in [0.25, 0.3) is 0 Å². The van der Waals surface area contributed by atoms with Gasteiger partial charge in [0.05, 0.1) is 23.9 Å². The van der Waals surface area contributed by atoms with Crippen LogP contribution >= 0.6 is 11.6 Å². The molecule has 0 amide bonds. The summed E-state index contributed by atoms with van der Waals surface area (Å²) >= 11 is 6.27. The minimum atomic E-state index is -0.425. The van der Waals surface area contributed by atoms with Gasteiger partial charge in [-0.15, -0.1) is 0 Å². The first-order chi connectivity index (χ1) is 16.4. The SMILES string of the molecule is COc1cc(N2CCN(C)CC2)ccc1Nc1ncc(Cl)c(NCc2cccc([N+](=O)[O-])c2)n1. The van der Waals surface area contributed by atoms with Crippen LogP contribution in [0.4, 0.5) is 28.8 Å². The smallest absolute Gasteiger partial charge is 0.269 e. The van der Waals surface area contributed by atoms with Crippen molar-refractivity contribution in [2.75, 3.05) is 55.9 Å². The van der Waals surface area contributed by atoms with Gasteiger partial charge in [-0.3, -0.25) is 10.1 Å². The molecule has 0 spiro atoms. The summed E-state index contributed by atoms with van der Waals surface area (Å²) in [5, 5.41) is 17.6. The van der Waals surface area contributed by atoms with Crippen LogP contribution in [0.5, 0.6) is 5.75 Å². The summed E-state index contributed by atoms with van der Waals surface area (Å²) < 4.78 is 5.61. The number of halogens is 1. The minimum absolute atomic E-state index is 0.0301. The first-order valence-corrected chi connectivity index (χ1v) is 11.2. The molecule has 1 saturated heterocycles. The number of methoxy groups -OCH3 is 1. The zero-order valence-corrected chi connectivity index (χ0v) is 19.7. The highest BCUT2D eigenvalue weighted by molar-refractivity contribution is 6.32. The predicted octanol–water partition coefficient (Wildman–Crippen LogP) is 4.15. The summed E-state index contributed by atoms with van der Waals surface area (Å²) in [6.07, 6.45) is 1.50. The largest absolute Gasteiger partial charge is 0.494 e. The number of nitro groups is 1. The molecule has 2 heterocycles. The molecule has 0 radical (unpaired) electrons. The molecule has 4 rings (SSSR count). The Labute approximate surface area is 202 Å². The second-order valence-corrected chi connectivity index (χ2v) is 8.38. The molecule has 0 aliphatic carbocycles. The number of hydrogen-bond acceptors (Lipinski definition) is 9. The molecule has 34 heavy (non-hydrogen) atoms. The molecule has 2 aromatic carbocycles. The Kier molecular flexibility index (Phi) is 7.29. The average molecular weight is 484 g/mol. The van der Waals surface area contributed by atoms with Gasteiger partial charge in [0.25, 0.3) is 5.69 Å². The number of nitrogens with one attached hydrogen (secondary N) is 2. The lowest BCUT2D eigenvalue weighted by Gasteiger charge is -2.34. The summed E-state index contributed by atoms with van der Waals surface area (Å²) in [7, 11) is 3.76. The number of rotatable bonds is 8. The van der Waals surface area contributed by atoms with E-state index in [-0.39, 0.29) is 5.69 Å². The molecule has 1 aliphatic heterocycles. The number of nitrogens with zero attached hydrogens (tertiary/aromatic N) is 5. The summed E-state index contributed by atoms with van der Waals surface area (Å²) in [5.41, 5.74) is 2.60. The third-order valence-electron chi connectivity index (χ3n) is 5.63. The molecule has 178 valence electrons. The van der Waals surface area contributed by atoms with Crippen LogP contribution < -0.4 is 20.3 Å². The zero-order valence-electron chi connectivity index (χ0n) is 19.0. The van der Waals surface area contributed by atoms with Crippen molar-refractivity contribution in [2.45, 2.75) is 6.54 Å². The fraction of sp³-hybridized carbons (Fsp3) is 0.304. The maximum Gasteiger partial charge on any atom is 0.269 e. The van der Waals surface area contributed by atoms with Gasteiger partial charge >= 0.3 is 0 Å². The molecule has 10 nitrogen and oxygen atoms in total. The first kappa shape index (κ1) is 23.5. The maximum atomic E-state index is 11.0. The molecular formula is C23H26ClN7O3. The predicted molar refractivity (Wildman–Crippen MR) is 133 cm³/mol. The third kappa shape index (κ3) is 5.64. The number of non-ortho nitro benzene ring substituents is 1. The van der Waals surface area contributed by atoms with Crippen LogP contribution in [-0.2, 0) is 6.54 Å². The molecular weight excluding hydrogens is 458 g/mol. The zero-order chi connectivity index (χ0) is 24.1. The van der Waals surface area contributed by atoms with Gasteiger partial charge in [-0.05, 0) is 24.7 Å². The summed E-state index contributed by atoms with van der Waals surface area (Å²) in [4.78, 5) is 24.0. The molecule has 0 bridgehead atoms. The van der Waals surface area contributed by atoms with E-state index in [1.165, 1.54) is 18.3 Å². The number of aromatic nitrogens is 2. The van der Waals surface area contributed by atoms with E-state index in [1.54, 1.807) is 19.2 Å². The topological polar surface area (TPSA) is 109 Å². The van der Waals surface area contributed by atoms with Gasteiger partial charge in [-0.1, -0.05) is 23.7 Å². The van der Waals surface area contributed by atoms with Crippen molar-refractivity contribution in [1.82, 2.24) is 14.9 Å². The Morgan fingerprint density at radius 1 is 1.18 bits per heavy atom. The molecule has 0 atom stereocenters. The molecule has 0 unspecified atom stereocenters. The standard InChI is InChI=1S/C23H26ClN7O3/c1-29-8-10-30(11-9-29)17-6-7-20(21(13-17)34-2)27-23-26-15-19(24)22(28-23)25-14-16-4-3-5-18(12-16)31(32)33/h3-7,12-13,15H,8-11,14H2,1-2H3,(H2,25,26,27,28). The van der Waals surface area contributed by atoms with E-state index in [9.17, 15) is 10.1 Å². The van der Waals surface area contributed by atoms with Crippen molar-refractivity contribution in [2.24, 2.45) is 0 Å². The maximum absolute atomic E-state index is 11.0. The van der Waals surface area contributed by atoms with Crippen LogP contribution in [-0.4, -0.2) is 60.1 Å². The Morgan fingerprint density at radius 3 is 2.71 bits per heavy atom. The highest BCUT2D eigenvalue weighted by atomic mass is 35.5. The number of nitro benzene ring substituents is 1. The Bertz CT molecular complexity index is 1170. The van der Waals surface area contributed by atoms with Crippen molar-refractivity contribution in [3.05, 3.63) is 69.4 Å². The van der Waals surface area contributed by atoms with Gasteiger partial charge in [0.2, 0.25) is 5.95 Å². The number of piperazine rings is 1. The Hall–Kier alpha value is -3.63. The average Bonchev–Trinajstić information content (AvgIpc) is 2.85. The molecule has 1 fully saturated rings. The number of hydrogen-bond donors (Lipinski definition) is 2. The second kappa shape index (κ2) is 10.5. The van der Waals surface area contributed by atoms with Crippen molar-refractivity contribution in [3.63, 3.8) is 0 Å². The van der Waals surface area contributed by atoms with Crippen LogP contribution in [0.1, 0.15) is 5.56 Å². The van der Waals surface area contributed by atoms with Gasteiger partial charge in [0.1, 0.15) is 10.8 Å². The van der Waals surface area contributed by atoms with Crippen molar-refractivity contribution in [3.8, 4) is 5.75 Å². The van der Waals surface area contributed by atoms with Gasteiger partial charge in [0, 0.05) is 56.6 Å². The highest BCUT2D eigenvalue weighted by Crippen LogP contribution is 2.32. The van der Waals surface area contributed by atoms with Crippen molar-refractivity contribution < 1.29 is 9.66 Å². The second-order valence-electron chi connectivity index (χ2n) is 7.97. The minimum Gasteiger partial charge on any atom is -0.494 e.